The Morgan fingerprint density at radius 1 is 1.64 bits per heavy atom. The molecule has 0 aromatic carbocycles. The van der Waals surface area contributed by atoms with Crippen molar-refractivity contribution in [2.75, 3.05) is 38.7 Å². The Labute approximate surface area is 73.8 Å². The Morgan fingerprint density at radius 2 is 2.27 bits per heavy atom. The average molecular weight is 174 g/mol. The van der Waals surface area contributed by atoms with Gasteiger partial charge in [-0.2, -0.15) is 11.8 Å². The van der Waals surface area contributed by atoms with Gasteiger partial charge in [0.05, 0.1) is 0 Å². The molecule has 0 fully saturated rings. The topological polar surface area (TPSA) is 29.3 Å². The zero-order valence-electron chi connectivity index (χ0n) is 7.47. The molecule has 0 aliphatic rings. The highest BCUT2D eigenvalue weighted by Crippen LogP contribution is 1.95. The molecule has 0 amide bonds. The average Bonchev–Trinajstić information content (AvgIpc) is 2.00. The molecule has 0 bridgehead atoms. The summed E-state index contributed by atoms with van der Waals surface area (Å²) >= 11 is 1.86. The summed E-state index contributed by atoms with van der Waals surface area (Å²) in [6, 6.07) is 0. The van der Waals surface area contributed by atoms with Gasteiger partial charge in [-0.3, -0.25) is 0 Å². The monoisotopic (exact) mass is 174 g/mol. The van der Waals surface area contributed by atoms with Crippen molar-refractivity contribution in [2.24, 2.45) is 5.73 Å². The Morgan fingerprint density at radius 3 is 2.73 bits per heavy atom. The van der Waals surface area contributed by atoms with Gasteiger partial charge >= 0.3 is 0 Å². The number of nitrogens with two attached hydrogens (primary N) is 1. The van der Waals surface area contributed by atoms with E-state index < -0.39 is 0 Å². The number of nitrogens with zero attached hydrogens (tertiary/aromatic N) is 1. The fourth-order valence-corrected chi connectivity index (χ4v) is 1.27. The van der Waals surface area contributed by atoms with E-state index in [1.54, 1.807) is 0 Å². The largest absolute Gasteiger partial charge is 0.327 e. The lowest BCUT2D eigenvalue weighted by Gasteiger charge is -2.16. The molecule has 0 spiro atoms. The molecule has 0 saturated carbocycles. The quantitative estimate of drug-likeness (QED) is 0.604. The normalized spacial score (nSPS) is 10.5. The number of rotatable bonds is 6. The van der Waals surface area contributed by atoms with E-state index in [1.165, 1.54) is 5.75 Å². The molecule has 0 unspecified atom stereocenters. The van der Waals surface area contributed by atoms with Crippen LogP contribution in [0.1, 0.15) is 0 Å². The lowest BCUT2D eigenvalue weighted by molar-refractivity contribution is 0.385. The van der Waals surface area contributed by atoms with Gasteiger partial charge in [-0.15, -0.1) is 0 Å². The summed E-state index contributed by atoms with van der Waals surface area (Å²) in [7, 11) is 2.09. The van der Waals surface area contributed by atoms with Crippen LogP contribution in [0.2, 0.25) is 0 Å². The zero-order valence-corrected chi connectivity index (χ0v) is 8.28. The highest BCUT2D eigenvalue weighted by molar-refractivity contribution is 7.98. The van der Waals surface area contributed by atoms with Crippen molar-refractivity contribution in [3.63, 3.8) is 0 Å². The van der Waals surface area contributed by atoms with Crippen LogP contribution in [0.15, 0.2) is 12.2 Å². The van der Waals surface area contributed by atoms with E-state index in [2.05, 4.69) is 24.8 Å². The van der Waals surface area contributed by atoms with E-state index in [0.717, 1.165) is 18.7 Å². The summed E-state index contributed by atoms with van der Waals surface area (Å²) in [6.45, 7) is 6.49. The van der Waals surface area contributed by atoms with Crippen molar-refractivity contribution in [3.05, 3.63) is 12.2 Å². The molecule has 0 aromatic rings. The van der Waals surface area contributed by atoms with Crippen molar-refractivity contribution in [1.82, 2.24) is 4.90 Å². The Bertz CT molecular complexity index is 115. The highest BCUT2D eigenvalue weighted by atomic mass is 32.2. The fraction of sp³-hybridized carbons (Fsp3) is 0.750. The maximum Gasteiger partial charge on any atom is 0.0200 e. The van der Waals surface area contributed by atoms with Crippen LogP contribution in [0, 0.1) is 0 Å². The van der Waals surface area contributed by atoms with E-state index in [-0.39, 0.29) is 0 Å². The van der Waals surface area contributed by atoms with Crippen molar-refractivity contribution in [2.45, 2.75) is 0 Å². The third-order valence-corrected chi connectivity index (χ3v) is 2.05. The maximum atomic E-state index is 5.42. The van der Waals surface area contributed by atoms with Gasteiger partial charge in [-0.1, -0.05) is 6.58 Å². The number of hydrogen-bond acceptors (Lipinski definition) is 3. The summed E-state index contributed by atoms with van der Waals surface area (Å²) in [4.78, 5) is 2.24. The van der Waals surface area contributed by atoms with Crippen molar-refractivity contribution >= 4 is 11.8 Å². The number of hydrogen-bond donors (Lipinski definition) is 1. The van der Waals surface area contributed by atoms with Crippen molar-refractivity contribution < 1.29 is 0 Å². The molecule has 3 heteroatoms. The summed E-state index contributed by atoms with van der Waals surface area (Å²) in [6.07, 6.45) is 2.12. The van der Waals surface area contributed by atoms with Crippen LogP contribution in [0.3, 0.4) is 0 Å². The van der Waals surface area contributed by atoms with Crippen LogP contribution in [-0.2, 0) is 0 Å². The van der Waals surface area contributed by atoms with Crippen LogP contribution in [0.25, 0.3) is 0 Å². The minimum absolute atomic E-state index is 0.601. The number of thioether (sulfide) groups is 1. The van der Waals surface area contributed by atoms with E-state index in [0.29, 0.717) is 6.54 Å². The first-order valence-electron chi connectivity index (χ1n) is 3.75. The number of likely N-dealkylation sites (N-methyl/N-ethyl adjacent to an activating group) is 1. The second-order valence-electron chi connectivity index (χ2n) is 2.68. The first-order chi connectivity index (χ1) is 5.20. The molecule has 0 saturated heterocycles. The predicted molar refractivity (Wildman–Crippen MR) is 54.1 cm³/mol. The minimum atomic E-state index is 0.601. The summed E-state index contributed by atoms with van der Waals surface area (Å²) in [5.74, 6) is 1.17. The first kappa shape index (κ1) is 11.0. The van der Waals surface area contributed by atoms with Gasteiger partial charge in [-0.05, 0) is 18.9 Å². The van der Waals surface area contributed by atoms with Gasteiger partial charge in [0.15, 0.2) is 0 Å². The Hall–Kier alpha value is 0.0100. The molecule has 11 heavy (non-hydrogen) atoms. The Balaban J connectivity index is 3.35. The lowest BCUT2D eigenvalue weighted by atomic mass is 10.3. The Kier molecular flexibility index (Phi) is 6.71. The smallest absolute Gasteiger partial charge is 0.0200 e. The molecule has 0 atom stereocenters. The van der Waals surface area contributed by atoms with Crippen LogP contribution >= 0.6 is 11.8 Å². The molecule has 0 radical (unpaired) electrons. The van der Waals surface area contributed by atoms with E-state index in [9.17, 15) is 0 Å². The zero-order chi connectivity index (χ0) is 8.69. The second-order valence-corrected chi connectivity index (χ2v) is 3.67. The van der Waals surface area contributed by atoms with Gasteiger partial charge in [0, 0.05) is 25.4 Å². The molecule has 66 valence electrons. The summed E-state index contributed by atoms with van der Waals surface area (Å²) in [5, 5.41) is 0. The third kappa shape index (κ3) is 6.41. The predicted octanol–water partition coefficient (Wildman–Crippen LogP) is 0.796. The van der Waals surface area contributed by atoms with Gasteiger partial charge in [0.2, 0.25) is 0 Å². The molecule has 0 heterocycles. The van der Waals surface area contributed by atoms with Gasteiger partial charge in [0.25, 0.3) is 0 Å². The van der Waals surface area contributed by atoms with E-state index >= 15 is 0 Å². The van der Waals surface area contributed by atoms with Crippen LogP contribution in [0.5, 0.6) is 0 Å². The van der Waals surface area contributed by atoms with E-state index in [1.807, 2.05) is 11.8 Å². The molecule has 2 N–H and O–H groups in total. The van der Waals surface area contributed by atoms with Crippen LogP contribution in [-0.4, -0.2) is 43.6 Å². The molecular weight excluding hydrogens is 156 g/mol. The van der Waals surface area contributed by atoms with Gasteiger partial charge in [-0.25, -0.2) is 0 Å². The molecule has 0 aromatic heterocycles. The molecule has 2 nitrogen and oxygen atoms in total. The van der Waals surface area contributed by atoms with Crippen molar-refractivity contribution in [3.8, 4) is 0 Å². The molecule has 0 rings (SSSR count). The SMILES string of the molecule is C=C(CN)CN(C)CCSC. The lowest BCUT2D eigenvalue weighted by Crippen LogP contribution is -2.25. The van der Waals surface area contributed by atoms with Gasteiger partial charge < -0.3 is 10.6 Å². The van der Waals surface area contributed by atoms with Gasteiger partial charge in [0.1, 0.15) is 0 Å². The second kappa shape index (κ2) is 6.70. The highest BCUT2D eigenvalue weighted by Gasteiger charge is 1.98. The third-order valence-electron chi connectivity index (χ3n) is 1.46. The fourth-order valence-electron chi connectivity index (χ4n) is 0.772. The van der Waals surface area contributed by atoms with Crippen LogP contribution < -0.4 is 5.73 Å². The van der Waals surface area contributed by atoms with Crippen molar-refractivity contribution in [1.29, 1.82) is 0 Å². The summed E-state index contributed by atoms with van der Waals surface area (Å²) in [5.41, 5.74) is 6.52. The molecule has 0 aliphatic carbocycles. The summed E-state index contributed by atoms with van der Waals surface area (Å²) < 4.78 is 0. The van der Waals surface area contributed by atoms with Crippen LogP contribution in [0.4, 0.5) is 0 Å². The first-order valence-corrected chi connectivity index (χ1v) is 5.14. The van der Waals surface area contributed by atoms with E-state index in [4.69, 9.17) is 5.73 Å². The molecule has 0 aliphatic heterocycles. The maximum absolute atomic E-state index is 5.42. The standard InChI is InChI=1S/C8H18N2S/c1-8(6-9)7-10(2)4-5-11-3/h1,4-7,9H2,2-3H3. The molecular formula is C8H18N2S. The minimum Gasteiger partial charge on any atom is -0.327 e.